The Morgan fingerprint density at radius 2 is 2.05 bits per heavy atom. The highest BCUT2D eigenvalue weighted by atomic mass is 16.5. The molecule has 20 heavy (non-hydrogen) atoms. The lowest BCUT2D eigenvalue weighted by Gasteiger charge is -1.99. The molecular weight excluding hydrogens is 254 g/mol. The summed E-state index contributed by atoms with van der Waals surface area (Å²) in [6.45, 7) is 1.96. The number of nitrogens with one attached hydrogen (secondary N) is 1. The molecule has 3 aromatic rings. The minimum Gasteiger partial charge on any atom is -0.373 e. The van der Waals surface area contributed by atoms with Crippen LogP contribution in [0.4, 0.5) is 5.82 Å². The van der Waals surface area contributed by atoms with E-state index in [0.29, 0.717) is 11.7 Å². The Labute approximate surface area is 115 Å². The average molecular weight is 267 g/mol. The van der Waals surface area contributed by atoms with Crippen molar-refractivity contribution in [2.45, 2.75) is 6.92 Å². The van der Waals surface area contributed by atoms with Crippen molar-refractivity contribution in [1.82, 2.24) is 20.1 Å². The van der Waals surface area contributed by atoms with Gasteiger partial charge in [0.1, 0.15) is 11.5 Å². The molecule has 0 saturated carbocycles. The van der Waals surface area contributed by atoms with Gasteiger partial charge in [0.15, 0.2) is 0 Å². The summed E-state index contributed by atoms with van der Waals surface area (Å²) in [6.07, 6.45) is 3.40. The van der Waals surface area contributed by atoms with Gasteiger partial charge in [0.25, 0.3) is 5.89 Å². The molecule has 3 heterocycles. The zero-order chi connectivity index (χ0) is 13.9. The lowest BCUT2D eigenvalue weighted by atomic mass is 10.2. The normalized spacial score (nSPS) is 10.5. The Balaban J connectivity index is 2.00. The highest BCUT2D eigenvalue weighted by Gasteiger charge is 2.13. The fourth-order valence-corrected chi connectivity index (χ4v) is 1.86. The molecule has 100 valence electrons. The molecule has 0 unspecified atom stereocenters. The molecule has 0 spiro atoms. The number of hydrogen-bond donors (Lipinski definition) is 1. The molecule has 0 amide bonds. The highest BCUT2D eigenvalue weighted by molar-refractivity contribution is 5.61. The van der Waals surface area contributed by atoms with Crippen LogP contribution in [0.2, 0.25) is 0 Å². The quantitative estimate of drug-likeness (QED) is 0.785. The molecule has 0 aliphatic carbocycles. The van der Waals surface area contributed by atoms with Gasteiger partial charge >= 0.3 is 0 Å². The van der Waals surface area contributed by atoms with E-state index >= 15 is 0 Å². The SMILES string of the molecule is CNc1cc(-c2nc(-c3ncccc3C)no2)ccn1. The molecule has 0 fully saturated rings. The van der Waals surface area contributed by atoms with Crippen LogP contribution >= 0.6 is 0 Å². The average Bonchev–Trinajstić information content (AvgIpc) is 2.97. The third-order valence-electron chi connectivity index (χ3n) is 2.91. The summed E-state index contributed by atoms with van der Waals surface area (Å²) in [4.78, 5) is 12.8. The van der Waals surface area contributed by atoms with Crippen molar-refractivity contribution in [3.05, 3.63) is 42.2 Å². The van der Waals surface area contributed by atoms with E-state index in [1.165, 1.54) is 0 Å². The van der Waals surface area contributed by atoms with Gasteiger partial charge in [-0.25, -0.2) is 4.98 Å². The summed E-state index contributed by atoms with van der Waals surface area (Å²) in [5.41, 5.74) is 2.55. The van der Waals surface area contributed by atoms with Crippen LogP contribution in [0.15, 0.2) is 41.2 Å². The summed E-state index contributed by atoms with van der Waals surface area (Å²) in [5, 5.41) is 6.96. The smallest absolute Gasteiger partial charge is 0.258 e. The second kappa shape index (κ2) is 5.08. The predicted molar refractivity (Wildman–Crippen MR) is 75.0 cm³/mol. The van der Waals surface area contributed by atoms with Crippen LogP contribution in [0, 0.1) is 6.92 Å². The molecule has 0 radical (unpaired) electrons. The summed E-state index contributed by atoms with van der Waals surface area (Å²) < 4.78 is 5.30. The molecule has 0 aliphatic heterocycles. The van der Waals surface area contributed by atoms with Gasteiger partial charge in [-0.2, -0.15) is 4.98 Å². The summed E-state index contributed by atoms with van der Waals surface area (Å²) in [7, 11) is 1.81. The Bertz CT molecular complexity index is 738. The zero-order valence-corrected chi connectivity index (χ0v) is 11.2. The first kappa shape index (κ1) is 12.3. The van der Waals surface area contributed by atoms with Crippen LogP contribution in [-0.4, -0.2) is 27.2 Å². The third kappa shape index (κ3) is 2.23. The van der Waals surface area contributed by atoms with Crippen molar-refractivity contribution < 1.29 is 4.52 Å². The summed E-state index contributed by atoms with van der Waals surface area (Å²) >= 11 is 0. The van der Waals surface area contributed by atoms with Gasteiger partial charge in [0.2, 0.25) is 5.82 Å². The fourth-order valence-electron chi connectivity index (χ4n) is 1.86. The summed E-state index contributed by atoms with van der Waals surface area (Å²) in [5.74, 6) is 1.68. The number of aryl methyl sites for hydroxylation is 1. The topological polar surface area (TPSA) is 76.7 Å². The second-order valence-corrected chi connectivity index (χ2v) is 4.27. The Kier molecular flexibility index (Phi) is 3.12. The molecule has 0 bridgehead atoms. The molecule has 6 nitrogen and oxygen atoms in total. The van der Waals surface area contributed by atoms with Gasteiger partial charge in [0.05, 0.1) is 0 Å². The first-order chi connectivity index (χ1) is 9.78. The van der Waals surface area contributed by atoms with Crippen molar-refractivity contribution in [2.24, 2.45) is 0 Å². The van der Waals surface area contributed by atoms with Gasteiger partial charge in [-0.15, -0.1) is 0 Å². The van der Waals surface area contributed by atoms with E-state index in [0.717, 1.165) is 22.6 Å². The fraction of sp³-hybridized carbons (Fsp3) is 0.143. The third-order valence-corrected chi connectivity index (χ3v) is 2.91. The Hall–Kier alpha value is -2.76. The molecule has 6 heteroatoms. The van der Waals surface area contributed by atoms with E-state index in [9.17, 15) is 0 Å². The van der Waals surface area contributed by atoms with E-state index in [-0.39, 0.29) is 0 Å². The molecular formula is C14H13N5O. The number of pyridine rings is 2. The van der Waals surface area contributed by atoms with E-state index in [2.05, 4.69) is 25.4 Å². The number of anilines is 1. The van der Waals surface area contributed by atoms with E-state index in [1.54, 1.807) is 12.4 Å². The van der Waals surface area contributed by atoms with Gasteiger partial charge in [-0.3, -0.25) is 4.98 Å². The van der Waals surface area contributed by atoms with Gasteiger partial charge < -0.3 is 9.84 Å². The number of aromatic nitrogens is 4. The van der Waals surface area contributed by atoms with Gasteiger partial charge in [-0.05, 0) is 30.7 Å². The number of hydrogen-bond acceptors (Lipinski definition) is 6. The van der Waals surface area contributed by atoms with Gasteiger partial charge in [-0.1, -0.05) is 11.2 Å². The van der Waals surface area contributed by atoms with Crippen LogP contribution in [0.3, 0.4) is 0 Å². The first-order valence-corrected chi connectivity index (χ1v) is 6.18. The Morgan fingerprint density at radius 1 is 1.15 bits per heavy atom. The molecule has 0 atom stereocenters. The van der Waals surface area contributed by atoms with Crippen molar-refractivity contribution in [2.75, 3.05) is 12.4 Å². The van der Waals surface area contributed by atoms with Crippen LogP contribution in [0.5, 0.6) is 0 Å². The molecule has 3 rings (SSSR count). The minimum atomic E-state index is 0.448. The van der Waals surface area contributed by atoms with Crippen molar-refractivity contribution in [1.29, 1.82) is 0 Å². The minimum absolute atomic E-state index is 0.448. The molecule has 1 N–H and O–H groups in total. The van der Waals surface area contributed by atoms with Crippen molar-refractivity contribution in [3.63, 3.8) is 0 Å². The maximum absolute atomic E-state index is 5.30. The summed E-state index contributed by atoms with van der Waals surface area (Å²) in [6, 6.07) is 7.51. The zero-order valence-electron chi connectivity index (χ0n) is 11.2. The van der Waals surface area contributed by atoms with E-state index < -0.39 is 0 Å². The van der Waals surface area contributed by atoms with Gasteiger partial charge in [0, 0.05) is 25.0 Å². The maximum atomic E-state index is 5.30. The van der Waals surface area contributed by atoms with E-state index in [4.69, 9.17) is 4.52 Å². The number of rotatable bonds is 3. The largest absolute Gasteiger partial charge is 0.373 e. The lowest BCUT2D eigenvalue weighted by Crippen LogP contribution is -1.92. The second-order valence-electron chi connectivity index (χ2n) is 4.27. The molecule has 0 aromatic carbocycles. The highest BCUT2D eigenvalue weighted by Crippen LogP contribution is 2.23. The molecule has 3 aromatic heterocycles. The monoisotopic (exact) mass is 267 g/mol. The lowest BCUT2D eigenvalue weighted by molar-refractivity contribution is 0.432. The predicted octanol–water partition coefficient (Wildman–Crippen LogP) is 2.54. The van der Waals surface area contributed by atoms with Crippen molar-refractivity contribution in [3.8, 4) is 23.0 Å². The standard InChI is InChI=1S/C14H13N5O/c1-9-4-3-6-17-12(9)13-18-14(20-19-13)10-5-7-16-11(8-10)15-2/h3-8H,1-2H3,(H,15,16). The molecule has 0 aliphatic rings. The molecule has 0 saturated heterocycles. The van der Waals surface area contributed by atoms with Crippen molar-refractivity contribution >= 4 is 5.82 Å². The van der Waals surface area contributed by atoms with Crippen LogP contribution in [0.25, 0.3) is 23.0 Å². The number of nitrogens with zero attached hydrogens (tertiary/aromatic N) is 4. The van der Waals surface area contributed by atoms with Crippen LogP contribution in [0.1, 0.15) is 5.56 Å². The van der Waals surface area contributed by atoms with E-state index in [1.807, 2.05) is 38.2 Å². The first-order valence-electron chi connectivity index (χ1n) is 6.18. The maximum Gasteiger partial charge on any atom is 0.258 e. The van der Waals surface area contributed by atoms with Crippen LogP contribution in [-0.2, 0) is 0 Å². The van der Waals surface area contributed by atoms with Crippen LogP contribution < -0.4 is 5.32 Å². The Morgan fingerprint density at radius 3 is 2.85 bits per heavy atom.